The molecule has 7 rings (SSSR count). The van der Waals surface area contributed by atoms with Gasteiger partial charge in [0.05, 0.1) is 42.1 Å². The lowest BCUT2D eigenvalue weighted by molar-refractivity contribution is 0.0414. The van der Waals surface area contributed by atoms with Gasteiger partial charge in [0.25, 0.3) is 11.8 Å². The lowest BCUT2D eigenvalue weighted by Crippen LogP contribution is -2.56. The molecule has 4 aromatic rings. The van der Waals surface area contributed by atoms with Gasteiger partial charge in [0.15, 0.2) is 0 Å². The Balaban J connectivity index is 1.42. The van der Waals surface area contributed by atoms with Crippen molar-refractivity contribution in [2.45, 2.75) is 96.0 Å². The fourth-order valence-electron chi connectivity index (χ4n) is 8.55. The van der Waals surface area contributed by atoms with Crippen LogP contribution in [0.25, 0.3) is 33.8 Å². The van der Waals surface area contributed by atoms with Crippen molar-refractivity contribution in [3.63, 3.8) is 0 Å². The second kappa shape index (κ2) is 14.4. The lowest BCUT2D eigenvalue weighted by atomic mass is 9.81. The Bertz CT molecular complexity index is 2200. The predicted octanol–water partition coefficient (Wildman–Crippen LogP) is 6.68. The highest BCUT2D eigenvalue weighted by Gasteiger charge is 2.35. The summed E-state index contributed by atoms with van der Waals surface area (Å²) in [5, 5.41) is 5.00. The number of likely N-dealkylation sites (N-methyl/N-ethyl adjacent to an activating group) is 1. The zero-order valence-electron chi connectivity index (χ0n) is 32.0. The highest BCUT2D eigenvalue weighted by Crippen LogP contribution is 2.48. The Labute approximate surface area is 313 Å². The van der Waals surface area contributed by atoms with Gasteiger partial charge in [-0.1, -0.05) is 32.3 Å². The van der Waals surface area contributed by atoms with E-state index in [2.05, 4.69) is 52.3 Å². The summed E-state index contributed by atoms with van der Waals surface area (Å²) in [6.07, 6.45) is 9.86. The summed E-state index contributed by atoms with van der Waals surface area (Å²) in [6, 6.07) is 12.2. The first-order valence-corrected chi connectivity index (χ1v) is 20.5. The number of rotatable bonds is 8. The average molecular weight is 741 g/mol. The molecule has 53 heavy (non-hydrogen) atoms. The van der Waals surface area contributed by atoms with Gasteiger partial charge in [-0.2, -0.15) is 5.10 Å². The summed E-state index contributed by atoms with van der Waals surface area (Å²) in [6.45, 7) is 9.34. The molecule has 2 fully saturated rings. The van der Waals surface area contributed by atoms with Crippen LogP contribution in [0.4, 0.5) is 0 Å². The van der Waals surface area contributed by atoms with Crippen LogP contribution in [-0.2, 0) is 23.6 Å². The van der Waals surface area contributed by atoms with E-state index in [-0.39, 0.29) is 23.6 Å². The van der Waals surface area contributed by atoms with Crippen LogP contribution < -0.4 is 9.46 Å². The molecule has 11 nitrogen and oxygen atoms in total. The molecule has 0 radical (unpaired) electrons. The van der Waals surface area contributed by atoms with E-state index < -0.39 is 21.2 Å². The maximum Gasteiger partial charge on any atom is 0.264 e. The molecule has 0 bridgehead atoms. The number of benzene rings is 2. The van der Waals surface area contributed by atoms with Crippen LogP contribution in [0, 0.1) is 0 Å². The Morgan fingerprint density at radius 3 is 2.40 bits per heavy atom. The van der Waals surface area contributed by atoms with Gasteiger partial charge >= 0.3 is 0 Å². The zero-order valence-corrected chi connectivity index (χ0v) is 32.8. The van der Waals surface area contributed by atoms with E-state index in [1.807, 2.05) is 36.2 Å². The fraction of sp³-hybridized carbons (Fsp3) is 0.488. The van der Waals surface area contributed by atoms with Crippen LogP contribution in [0.2, 0.25) is 0 Å². The summed E-state index contributed by atoms with van der Waals surface area (Å²) in [5.41, 5.74) is 7.66. The van der Waals surface area contributed by atoms with E-state index in [9.17, 15) is 18.0 Å². The number of ether oxygens (including phenoxy) is 1. The molecule has 282 valence electrons. The van der Waals surface area contributed by atoms with E-state index in [1.54, 1.807) is 37.9 Å². The molecule has 3 unspecified atom stereocenters. The molecule has 2 aromatic carbocycles. The van der Waals surface area contributed by atoms with Crippen LogP contribution in [0.3, 0.4) is 0 Å². The summed E-state index contributed by atoms with van der Waals surface area (Å²) in [4.78, 5) is 32.2. The number of nitrogens with zero attached hydrogens (tertiary/aromatic N) is 5. The number of amides is 2. The molecule has 0 spiro atoms. The highest BCUT2D eigenvalue weighted by atomic mass is 32.2. The molecular formula is C41H52N6O5S. The molecule has 2 aliphatic heterocycles. The molecular weight excluding hydrogens is 689 g/mol. The molecule has 3 aliphatic rings. The van der Waals surface area contributed by atoms with Crippen molar-refractivity contribution in [1.29, 1.82) is 0 Å². The average Bonchev–Trinajstić information content (AvgIpc) is 3.64. The number of piperazine rings is 1. The number of nitrogens with one attached hydrogen (secondary N) is 1. The number of hydrogen-bond acceptors (Lipinski definition) is 7. The number of aryl methyl sites for hydroxylation is 1. The van der Waals surface area contributed by atoms with E-state index >= 15 is 0 Å². The number of fused-ring (bicyclic) bond motifs is 5. The number of carbonyl (C=O) groups excluding carboxylic acids is 2. The Morgan fingerprint density at radius 2 is 1.72 bits per heavy atom. The van der Waals surface area contributed by atoms with Gasteiger partial charge in [-0.25, -0.2) is 13.1 Å². The van der Waals surface area contributed by atoms with Crippen LogP contribution in [0.1, 0.15) is 110 Å². The van der Waals surface area contributed by atoms with Crippen LogP contribution >= 0.6 is 0 Å². The van der Waals surface area contributed by atoms with Crippen molar-refractivity contribution in [3.8, 4) is 17.0 Å². The quantitative estimate of drug-likeness (QED) is 0.214. The fourth-order valence-corrected chi connectivity index (χ4v) is 9.57. The van der Waals surface area contributed by atoms with E-state index in [4.69, 9.17) is 4.74 Å². The van der Waals surface area contributed by atoms with Crippen molar-refractivity contribution in [1.82, 2.24) is 28.9 Å². The normalized spacial score (nSPS) is 20.4. The number of methoxy groups -OCH3 is 1. The van der Waals surface area contributed by atoms with Crippen LogP contribution in [-0.4, -0.2) is 89.0 Å². The summed E-state index contributed by atoms with van der Waals surface area (Å²) in [7, 11) is 1.80. The van der Waals surface area contributed by atoms with E-state index in [0.717, 1.165) is 70.4 Å². The van der Waals surface area contributed by atoms with Gasteiger partial charge in [-0.3, -0.25) is 19.2 Å². The van der Waals surface area contributed by atoms with E-state index in [1.165, 1.54) is 12.0 Å². The number of allylic oxidation sites excluding steroid dienone is 1. The topological polar surface area (TPSA) is 119 Å². The first-order valence-electron chi connectivity index (χ1n) is 19.0. The highest BCUT2D eigenvalue weighted by molar-refractivity contribution is 7.90. The molecule has 3 atom stereocenters. The maximum atomic E-state index is 14.4. The van der Waals surface area contributed by atoms with Gasteiger partial charge in [0.1, 0.15) is 5.75 Å². The van der Waals surface area contributed by atoms with E-state index in [0.29, 0.717) is 37.5 Å². The third-order valence-electron chi connectivity index (χ3n) is 12.0. The molecule has 2 amide bonds. The summed E-state index contributed by atoms with van der Waals surface area (Å²) in [5.74, 6) is 0.357. The maximum absolute atomic E-state index is 14.4. The minimum atomic E-state index is -3.84. The first kappa shape index (κ1) is 36.9. The Hall–Kier alpha value is -4.42. The SMILES string of the molecule is CCC(C)S(=O)(=O)NC(=O)c1ccc2c(C3CCCCC3)c3n(c2c1)CC(c1c(C(=O)N2CC(C)N(C)C(C)C2)cnn1C)=Cc1cc(OC)ccc1-3. The number of carbonyl (C=O) groups is 2. The van der Waals surface area contributed by atoms with Crippen LogP contribution in [0.15, 0.2) is 42.6 Å². The third-order valence-corrected chi connectivity index (χ3v) is 13.9. The standard InChI is InChI=1S/C41H52N6O5S/c1-8-27(4)53(50,51)43-40(48)29-14-16-34-36(20-29)47-24-31(38-35(21-42-45(38)6)41(49)46-22-25(2)44(5)26(3)23-46)18-30-19-32(52-7)15-17-33(30)39(47)37(34)28-12-10-9-11-13-28/h14-21,25-28H,8-13,22-24H2,1-7H3,(H,43,48). The number of aromatic nitrogens is 3. The van der Waals surface area contributed by atoms with Crippen molar-refractivity contribution >= 4 is 44.4 Å². The Kier molecular flexibility index (Phi) is 10.1. The van der Waals surface area contributed by atoms with Crippen molar-refractivity contribution in [2.75, 3.05) is 27.2 Å². The number of hydrogen-bond donors (Lipinski definition) is 1. The third kappa shape index (κ3) is 6.69. The second-order valence-electron chi connectivity index (χ2n) is 15.3. The minimum Gasteiger partial charge on any atom is -0.497 e. The Morgan fingerprint density at radius 1 is 1.00 bits per heavy atom. The van der Waals surface area contributed by atoms with Crippen molar-refractivity contribution < 1.29 is 22.7 Å². The first-order chi connectivity index (χ1) is 25.3. The van der Waals surface area contributed by atoms with Gasteiger partial charge < -0.3 is 14.2 Å². The predicted molar refractivity (Wildman–Crippen MR) is 210 cm³/mol. The summed E-state index contributed by atoms with van der Waals surface area (Å²) < 4.78 is 38.0. The second-order valence-corrected chi connectivity index (χ2v) is 17.4. The van der Waals surface area contributed by atoms with Crippen molar-refractivity contribution in [2.24, 2.45) is 7.05 Å². The largest absolute Gasteiger partial charge is 0.497 e. The van der Waals surface area contributed by atoms with Gasteiger partial charge in [0.2, 0.25) is 10.0 Å². The molecule has 4 heterocycles. The molecule has 2 aromatic heterocycles. The van der Waals surface area contributed by atoms with Crippen LogP contribution in [0.5, 0.6) is 5.75 Å². The molecule has 12 heteroatoms. The van der Waals surface area contributed by atoms with Gasteiger partial charge in [0, 0.05) is 54.3 Å². The lowest BCUT2D eigenvalue weighted by Gasteiger charge is -2.42. The molecule has 1 saturated heterocycles. The van der Waals surface area contributed by atoms with Crippen molar-refractivity contribution in [3.05, 3.63) is 70.5 Å². The zero-order chi connectivity index (χ0) is 37.8. The minimum absolute atomic E-state index is 0.0436. The summed E-state index contributed by atoms with van der Waals surface area (Å²) >= 11 is 0. The molecule has 1 N–H and O–H groups in total. The smallest absolute Gasteiger partial charge is 0.264 e. The molecule has 1 saturated carbocycles. The molecule has 1 aliphatic carbocycles. The number of sulfonamides is 1. The van der Waals surface area contributed by atoms with Gasteiger partial charge in [-0.15, -0.1) is 0 Å². The van der Waals surface area contributed by atoms with Gasteiger partial charge in [-0.05, 0) is 106 Å². The monoisotopic (exact) mass is 740 g/mol.